The van der Waals surface area contributed by atoms with Gasteiger partial charge < -0.3 is 25.0 Å². The average molecular weight is 396 g/mol. The second kappa shape index (κ2) is 9.82. The number of nitrogens with zero attached hydrogens (tertiary/aromatic N) is 2. The van der Waals surface area contributed by atoms with E-state index in [0.29, 0.717) is 24.8 Å². The van der Waals surface area contributed by atoms with Crippen LogP contribution in [0, 0.1) is 0 Å². The highest BCUT2D eigenvalue weighted by Crippen LogP contribution is 2.27. The number of guanidine groups is 1. The van der Waals surface area contributed by atoms with Gasteiger partial charge in [0, 0.05) is 34.1 Å². The van der Waals surface area contributed by atoms with E-state index in [9.17, 15) is 4.79 Å². The number of carbonyl (C=O) groups is 1. The molecule has 3 rings (SSSR count). The second-order valence-corrected chi connectivity index (χ2v) is 7.08. The Hall–Kier alpha value is -3.22. The van der Waals surface area contributed by atoms with Crippen molar-refractivity contribution in [3.8, 4) is 11.5 Å². The lowest BCUT2D eigenvalue weighted by molar-refractivity contribution is -0.130. The molecule has 1 aliphatic rings. The number of hydrogen-bond acceptors (Lipinski definition) is 4. The van der Waals surface area contributed by atoms with Crippen molar-refractivity contribution in [2.45, 2.75) is 19.1 Å². The van der Waals surface area contributed by atoms with E-state index in [0.717, 1.165) is 17.7 Å². The molecular weight excluding hydrogens is 368 g/mol. The van der Waals surface area contributed by atoms with Crippen LogP contribution in [-0.4, -0.2) is 57.2 Å². The third-order valence-electron chi connectivity index (χ3n) is 4.65. The normalized spacial score (nSPS) is 15.3. The fraction of sp³-hybridized carbons (Fsp3) is 0.364. The number of likely N-dealkylation sites (N-methyl/N-ethyl adjacent to an activating group) is 1. The highest BCUT2D eigenvalue weighted by atomic mass is 16.5. The number of carbonyl (C=O) groups excluding carboxylic acids is 1. The zero-order chi connectivity index (χ0) is 20.6. The third-order valence-corrected chi connectivity index (χ3v) is 4.65. The number of amides is 1. The minimum absolute atomic E-state index is 0.0247. The zero-order valence-electron chi connectivity index (χ0n) is 17.1. The van der Waals surface area contributed by atoms with Crippen molar-refractivity contribution in [2.75, 3.05) is 34.3 Å². The van der Waals surface area contributed by atoms with E-state index < -0.39 is 0 Å². The van der Waals surface area contributed by atoms with Gasteiger partial charge in [-0.3, -0.25) is 9.79 Å². The Morgan fingerprint density at radius 2 is 2.03 bits per heavy atom. The first kappa shape index (κ1) is 20.5. The number of rotatable bonds is 7. The molecule has 7 heteroatoms. The van der Waals surface area contributed by atoms with Gasteiger partial charge in [-0.2, -0.15) is 0 Å². The molecule has 1 amide bonds. The lowest BCUT2D eigenvalue weighted by atomic mass is 10.1. The maximum absolute atomic E-state index is 11.7. The number of ether oxygens (including phenoxy) is 2. The monoisotopic (exact) mass is 396 g/mol. The molecule has 154 valence electrons. The Balaban J connectivity index is 1.45. The third kappa shape index (κ3) is 5.88. The van der Waals surface area contributed by atoms with Gasteiger partial charge in [0.15, 0.2) is 12.6 Å². The Morgan fingerprint density at radius 1 is 1.21 bits per heavy atom. The first-order valence-corrected chi connectivity index (χ1v) is 9.66. The summed E-state index contributed by atoms with van der Waals surface area (Å²) in [4.78, 5) is 17.4. The highest BCUT2D eigenvalue weighted by Gasteiger charge is 2.22. The van der Waals surface area contributed by atoms with E-state index >= 15 is 0 Å². The Morgan fingerprint density at radius 3 is 2.79 bits per heavy atom. The lowest BCUT2D eigenvalue weighted by Gasteiger charge is -2.16. The molecule has 2 aromatic carbocycles. The summed E-state index contributed by atoms with van der Waals surface area (Å²) >= 11 is 0. The van der Waals surface area contributed by atoms with Crippen molar-refractivity contribution in [3.63, 3.8) is 0 Å². The first-order valence-electron chi connectivity index (χ1n) is 9.66. The summed E-state index contributed by atoms with van der Waals surface area (Å²) in [5, 5.41) is 6.61. The standard InChI is InChI=1S/C22H28N4O3/c1-23-22(25-14-19-12-17-8-4-5-10-20(17)29-19)24-13-16-7-6-9-18(11-16)28-15-21(27)26(2)3/h4-11,19H,12-15H2,1-3H3,(H2,23,24,25). The molecule has 1 atom stereocenters. The van der Waals surface area contributed by atoms with Crippen LogP contribution in [0.3, 0.4) is 0 Å². The summed E-state index contributed by atoms with van der Waals surface area (Å²) in [7, 11) is 5.16. The fourth-order valence-electron chi connectivity index (χ4n) is 3.00. The van der Waals surface area contributed by atoms with Gasteiger partial charge in [-0.25, -0.2) is 0 Å². The van der Waals surface area contributed by atoms with Crippen LogP contribution < -0.4 is 20.1 Å². The van der Waals surface area contributed by atoms with Gasteiger partial charge in [-0.1, -0.05) is 30.3 Å². The maximum atomic E-state index is 11.7. The molecule has 29 heavy (non-hydrogen) atoms. The molecule has 2 N–H and O–H groups in total. The van der Waals surface area contributed by atoms with Crippen LogP contribution in [0.2, 0.25) is 0 Å². The van der Waals surface area contributed by atoms with Crippen molar-refractivity contribution in [1.29, 1.82) is 0 Å². The van der Waals surface area contributed by atoms with Gasteiger partial charge in [-0.15, -0.1) is 0 Å². The summed E-state index contributed by atoms with van der Waals surface area (Å²) in [6, 6.07) is 15.8. The lowest BCUT2D eigenvalue weighted by Crippen LogP contribution is -2.41. The number of fused-ring (bicyclic) bond motifs is 1. The van der Waals surface area contributed by atoms with E-state index in [1.54, 1.807) is 21.1 Å². The molecule has 0 aromatic heterocycles. The van der Waals surface area contributed by atoms with Gasteiger partial charge in [0.2, 0.25) is 0 Å². The quantitative estimate of drug-likeness (QED) is 0.552. The van der Waals surface area contributed by atoms with Crippen LogP contribution >= 0.6 is 0 Å². The zero-order valence-corrected chi connectivity index (χ0v) is 17.1. The minimum atomic E-state index is -0.0746. The molecule has 1 heterocycles. The van der Waals surface area contributed by atoms with Crippen molar-refractivity contribution < 1.29 is 14.3 Å². The summed E-state index contributed by atoms with van der Waals surface area (Å²) in [5.74, 6) is 2.26. The summed E-state index contributed by atoms with van der Waals surface area (Å²) < 4.78 is 11.5. The molecule has 1 unspecified atom stereocenters. The predicted molar refractivity (Wildman–Crippen MR) is 113 cm³/mol. The van der Waals surface area contributed by atoms with Crippen molar-refractivity contribution >= 4 is 11.9 Å². The van der Waals surface area contributed by atoms with E-state index in [2.05, 4.69) is 21.7 Å². The fourth-order valence-corrected chi connectivity index (χ4v) is 3.00. The van der Waals surface area contributed by atoms with E-state index in [-0.39, 0.29) is 18.6 Å². The molecule has 1 aliphatic heterocycles. The van der Waals surface area contributed by atoms with Crippen LogP contribution in [0.5, 0.6) is 11.5 Å². The van der Waals surface area contributed by atoms with Crippen molar-refractivity contribution in [3.05, 3.63) is 59.7 Å². The van der Waals surface area contributed by atoms with E-state index in [1.165, 1.54) is 10.5 Å². The highest BCUT2D eigenvalue weighted by molar-refractivity contribution is 5.79. The number of aliphatic imine (C=N–C) groups is 1. The van der Waals surface area contributed by atoms with Crippen molar-refractivity contribution in [1.82, 2.24) is 15.5 Å². The summed E-state index contributed by atoms with van der Waals surface area (Å²) in [5.41, 5.74) is 2.28. The molecule has 7 nitrogen and oxygen atoms in total. The van der Waals surface area contributed by atoms with Gasteiger partial charge in [-0.05, 0) is 29.3 Å². The summed E-state index contributed by atoms with van der Waals surface area (Å²) in [6.45, 7) is 1.28. The molecular formula is C22H28N4O3. The smallest absolute Gasteiger partial charge is 0.259 e. The van der Waals surface area contributed by atoms with Crippen LogP contribution in [0.4, 0.5) is 0 Å². The number of benzene rings is 2. The summed E-state index contributed by atoms with van der Waals surface area (Å²) in [6.07, 6.45) is 0.988. The van der Waals surface area contributed by atoms with Crippen LogP contribution in [0.15, 0.2) is 53.5 Å². The Kier molecular flexibility index (Phi) is 6.94. The first-order chi connectivity index (χ1) is 14.0. The molecule has 0 saturated carbocycles. The molecule has 2 aromatic rings. The molecule has 0 bridgehead atoms. The SMILES string of the molecule is CN=C(NCc1cccc(OCC(=O)N(C)C)c1)NCC1Cc2ccccc2O1. The molecule has 0 spiro atoms. The molecule has 0 aliphatic carbocycles. The van der Waals surface area contributed by atoms with Crippen LogP contribution in [-0.2, 0) is 17.8 Å². The Labute approximate surface area is 171 Å². The second-order valence-electron chi connectivity index (χ2n) is 7.08. The number of para-hydroxylation sites is 1. The largest absolute Gasteiger partial charge is 0.488 e. The van der Waals surface area contributed by atoms with Gasteiger partial charge >= 0.3 is 0 Å². The molecule has 0 radical (unpaired) electrons. The van der Waals surface area contributed by atoms with E-state index in [4.69, 9.17) is 9.47 Å². The van der Waals surface area contributed by atoms with Gasteiger partial charge in [0.1, 0.15) is 17.6 Å². The van der Waals surface area contributed by atoms with Gasteiger partial charge in [0.05, 0.1) is 6.54 Å². The molecule has 0 saturated heterocycles. The molecule has 0 fully saturated rings. The van der Waals surface area contributed by atoms with E-state index in [1.807, 2.05) is 42.5 Å². The average Bonchev–Trinajstić information content (AvgIpc) is 3.15. The van der Waals surface area contributed by atoms with Crippen molar-refractivity contribution in [2.24, 2.45) is 4.99 Å². The van der Waals surface area contributed by atoms with Crippen LogP contribution in [0.1, 0.15) is 11.1 Å². The predicted octanol–water partition coefficient (Wildman–Crippen LogP) is 1.82. The maximum Gasteiger partial charge on any atom is 0.259 e. The minimum Gasteiger partial charge on any atom is -0.488 e. The van der Waals surface area contributed by atoms with Gasteiger partial charge in [0.25, 0.3) is 5.91 Å². The van der Waals surface area contributed by atoms with Crippen LogP contribution in [0.25, 0.3) is 0 Å². The Bertz CT molecular complexity index is 842. The number of hydrogen-bond donors (Lipinski definition) is 2. The topological polar surface area (TPSA) is 75.2 Å². The number of nitrogens with one attached hydrogen (secondary N) is 2.